The molecule has 0 amide bonds. The molecule has 0 saturated carbocycles. The fraction of sp³-hybridized carbons (Fsp3) is 0.100. The molecule has 3 aromatic rings. The Hall–Kier alpha value is -3.65. The average Bonchev–Trinajstić information content (AvgIpc) is 2.72. The van der Waals surface area contributed by atoms with Crippen molar-refractivity contribution in [2.24, 2.45) is 0 Å². The first kappa shape index (κ1) is 20.1. The molecule has 0 heterocycles. The molecule has 3 rings (SSSR count). The van der Waals surface area contributed by atoms with Crippen molar-refractivity contribution in [3.8, 4) is 5.75 Å². The Labute approximate surface area is 171 Å². The quantitative estimate of drug-likeness (QED) is 0.394. The van der Waals surface area contributed by atoms with E-state index in [9.17, 15) is 20.2 Å². The van der Waals surface area contributed by atoms with Gasteiger partial charge in [-0.25, -0.2) is 0 Å². The number of halogens is 1. The number of benzene rings is 3. The normalized spacial score (nSPS) is 10.4. The number of non-ortho nitro benzene ring substituents is 2. The van der Waals surface area contributed by atoms with Crippen LogP contribution >= 0.6 is 11.6 Å². The van der Waals surface area contributed by atoms with Crippen LogP contribution in [0, 0.1) is 20.2 Å². The van der Waals surface area contributed by atoms with E-state index in [0.29, 0.717) is 17.3 Å². The Morgan fingerprint density at radius 2 is 1.45 bits per heavy atom. The summed E-state index contributed by atoms with van der Waals surface area (Å²) in [6, 6.07) is 17.5. The fourth-order valence-corrected chi connectivity index (χ4v) is 2.79. The summed E-state index contributed by atoms with van der Waals surface area (Å²) in [5.74, 6) is 0.613. The van der Waals surface area contributed by atoms with E-state index < -0.39 is 9.85 Å². The highest BCUT2D eigenvalue weighted by Gasteiger charge is 2.09. The van der Waals surface area contributed by atoms with Gasteiger partial charge in [-0.15, -0.1) is 0 Å². The Morgan fingerprint density at radius 3 is 2.03 bits per heavy atom. The Balaban J connectivity index is 1.67. The highest BCUT2D eigenvalue weighted by atomic mass is 35.5. The molecule has 0 aromatic heterocycles. The zero-order valence-electron chi connectivity index (χ0n) is 15.1. The van der Waals surface area contributed by atoms with Crippen LogP contribution < -0.4 is 10.1 Å². The third-order valence-electron chi connectivity index (χ3n) is 4.13. The molecule has 0 atom stereocenters. The van der Waals surface area contributed by atoms with Gasteiger partial charge in [-0.05, 0) is 48.0 Å². The van der Waals surface area contributed by atoms with Crippen LogP contribution in [0.3, 0.4) is 0 Å². The molecule has 0 aliphatic carbocycles. The average molecular weight is 414 g/mol. The number of hydrogen-bond acceptors (Lipinski definition) is 6. The molecule has 29 heavy (non-hydrogen) atoms. The van der Waals surface area contributed by atoms with Gasteiger partial charge >= 0.3 is 0 Å². The van der Waals surface area contributed by atoms with Gasteiger partial charge in [0.25, 0.3) is 11.4 Å². The minimum atomic E-state index is -0.453. The lowest BCUT2D eigenvalue weighted by Crippen LogP contribution is -2.04. The molecule has 0 bridgehead atoms. The zero-order chi connectivity index (χ0) is 20.8. The van der Waals surface area contributed by atoms with E-state index in [4.69, 9.17) is 16.3 Å². The van der Waals surface area contributed by atoms with Crippen molar-refractivity contribution in [1.82, 2.24) is 0 Å². The summed E-state index contributed by atoms with van der Waals surface area (Å²) in [7, 11) is 0. The smallest absolute Gasteiger partial charge is 0.269 e. The second-order valence-electron chi connectivity index (χ2n) is 6.12. The number of nitro benzene ring substituents is 2. The molecule has 0 unspecified atom stereocenters. The van der Waals surface area contributed by atoms with E-state index in [-0.39, 0.29) is 18.0 Å². The second kappa shape index (κ2) is 9.03. The van der Waals surface area contributed by atoms with Crippen LogP contribution in [0.15, 0.2) is 66.7 Å². The number of rotatable bonds is 8. The molecule has 0 saturated heterocycles. The topological polar surface area (TPSA) is 108 Å². The van der Waals surface area contributed by atoms with Crippen LogP contribution in [-0.4, -0.2) is 9.85 Å². The number of ether oxygens (including phenoxy) is 1. The van der Waals surface area contributed by atoms with E-state index in [2.05, 4.69) is 5.32 Å². The molecule has 148 valence electrons. The summed E-state index contributed by atoms with van der Waals surface area (Å²) in [6.45, 7) is 0.637. The summed E-state index contributed by atoms with van der Waals surface area (Å²) in [5, 5.41) is 25.2. The van der Waals surface area contributed by atoms with Crippen molar-refractivity contribution in [3.63, 3.8) is 0 Å². The van der Waals surface area contributed by atoms with Gasteiger partial charge < -0.3 is 10.1 Å². The van der Waals surface area contributed by atoms with E-state index in [1.807, 2.05) is 0 Å². The third kappa shape index (κ3) is 5.43. The lowest BCUT2D eigenvalue weighted by atomic mass is 10.2. The maximum atomic E-state index is 10.7. The van der Waals surface area contributed by atoms with Gasteiger partial charge in [-0.2, -0.15) is 0 Å². The van der Waals surface area contributed by atoms with Crippen molar-refractivity contribution < 1.29 is 14.6 Å². The van der Waals surface area contributed by atoms with Gasteiger partial charge in [0.05, 0.1) is 9.85 Å². The molecule has 0 radical (unpaired) electrons. The van der Waals surface area contributed by atoms with Crippen molar-refractivity contribution in [3.05, 3.63) is 103 Å². The predicted octanol–water partition coefficient (Wildman–Crippen LogP) is 5.35. The number of hydrogen-bond donors (Lipinski definition) is 1. The van der Waals surface area contributed by atoms with Crippen LogP contribution in [0.1, 0.15) is 11.1 Å². The minimum Gasteiger partial charge on any atom is -0.489 e. The number of nitro groups is 2. The molecule has 1 N–H and O–H groups in total. The van der Waals surface area contributed by atoms with Crippen molar-refractivity contribution in [2.45, 2.75) is 13.2 Å². The van der Waals surface area contributed by atoms with Crippen molar-refractivity contribution >= 4 is 28.7 Å². The molecule has 9 heteroatoms. The van der Waals surface area contributed by atoms with E-state index in [1.54, 1.807) is 42.5 Å². The molecular formula is C20H16ClN3O5. The summed E-state index contributed by atoms with van der Waals surface area (Å²) in [4.78, 5) is 20.6. The van der Waals surface area contributed by atoms with Crippen LogP contribution in [-0.2, 0) is 13.2 Å². The standard InChI is InChI=1S/C20H16ClN3O5/c21-16-3-10-20(29-13-14-1-6-18(7-2-14)23(25)26)15(11-16)12-22-17-4-8-19(9-5-17)24(27)28/h1-11,22H,12-13H2. The number of nitrogens with one attached hydrogen (secondary N) is 1. The largest absolute Gasteiger partial charge is 0.489 e. The summed E-state index contributed by atoms with van der Waals surface area (Å²) < 4.78 is 5.86. The van der Waals surface area contributed by atoms with E-state index >= 15 is 0 Å². The Morgan fingerprint density at radius 1 is 0.862 bits per heavy atom. The Bertz CT molecular complexity index is 1020. The van der Waals surface area contributed by atoms with Gasteiger partial charge in [0, 0.05) is 47.1 Å². The molecule has 8 nitrogen and oxygen atoms in total. The molecule has 0 aliphatic heterocycles. The van der Waals surface area contributed by atoms with Crippen LogP contribution in [0.25, 0.3) is 0 Å². The lowest BCUT2D eigenvalue weighted by Gasteiger charge is -2.13. The first-order valence-electron chi connectivity index (χ1n) is 8.55. The second-order valence-corrected chi connectivity index (χ2v) is 6.56. The number of nitrogens with zero attached hydrogens (tertiary/aromatic N) is 2. The van der Waals surface area contributed by atoms with Crippen molar-refractivity contribution in [1.29, 1.82) is 0 Å². The van der Waals surface area contributed by atoms with Crippen LogP contribution in [0.5, 0.6) is 5.75 Å². The van der Waals surface area contributed by atoms with E-state index in [1.165, 1.54) is 24.3 Å². The van der Waals surface area contributed by atoms with Gasteiger partial charge in [0.15, 0.2) is 0 Å². The van der Waals surface area contributed by atoms with Crippen molar-refractivity contribution in [2.75, 3.05) is 5.32 Å². The van der Waals surface area contributed by atoms with Crippen LogP contribution in [0.2, 0.25) is 5.02 Å². The number of anilines is 1. The van der Waals surface area contributed by atoms with Gasteiger partial charge in [-0.3, -0.25) is 20.2 Å². The summed E-state index contributed by atoms with van der Waals surface area (Å²) in [5.41, 5.74) is 2.35. The molecule has 0 fully saturated rings. The van der Waals surface area contributed by atoms with Gasteiger partial charge in [0.2, 0.25) is 0 Å². The monoisotopic (exact) mass is 413 g/mol. The predicted molar refractivity (Wildman–Crippen MR) is 109 cm³/mol. The van der Waals surface area contributed by atoms with Gasteiger partial charge in [0.1, 0.15) is 12.4 Å². The maximum Gasteiger partial charge on any atom is 0.269 e. The van der Waals surface area contributed by atoms with Crippen LogP contribution in [0.4, 0.5) is 17.1 Å². The molecule has 0 aliphatic rings. The summed E-state index contributed by atoms with van der Waals surface area (Å²) in [6.07, 6.45) is 0. The van der Waals surface area contributed by atoms with E-state index in [0.717, 1.165) is 16.8 Å². The Kier molecular flexibility index (Phi) is 6.25. The highest BCUT2D eigenvalue weighted by Crippen LogP contribution is 2.26. The maximum absolute atomic E-state index is 10.7. The SMILES string of the molecule is O=[N+]([O-])c1ccc(COc2ccc(Cl)cc2CNc2ccc([N+](=O)[O-])cc2)cc1. The lowest BCUT2D eigenvalue weighted by molar-refractivity contribution is -0.385. The minimum absolute atomic E-state index is 0.0189. The zero-order valence-corrected chi connectivity index (χ0v) is 15.8. The molecule has 0 spiro atoms. The molecule has 3 aromatic carbocycles. The third-order valence-corrected chi connectivity index (χ3v) is 4.36. The first-order chi connectivity index (χ1) is 13.9. The highest BCUT2D eigenvalue weighted by molar-refractivity contribution is 6.30. The first-order valence-corrected chi connectivity index (χ1v) is 8.93. The summed E-state index contributed by atoms with van der Waals surface area (Å²) >= 11 is 6.10. The van der Waals surface area contributed by atoms with Gasteiger partial charge in [-0.1, -0.05) is 11.6 Å². The molecular weight excluding hydrogens is 398 g/mol. The fourth-order valence-electron chi connectivity index (χ4n) is 2.60.